The van der Waals surface area contributed by atoms with Crippen molar-refractivity contribution in [1.82, 2.24) is 4.57 Å². The van der Waals surface area contributed by atoms with Crippen LogP contribution in [0.5, 0.6) is 0 Å². The van der Waals surface area contributed by atoms with Crippen molar-refractivity contribution in [3.05, 3.63) is 28.7 Å². The van der Waals surface area contributed by atoms with Crippen LogP contribution in [0.3, 0.4) is 0 Å². The van der Waals surface area contributed by atoms with Crippen LogP contribution in [0.2, 0.25) is 4.44 Å². The summed E-state index contributed by atoms with van der Waals surface area (Å²) in [6.07, 6.45) is 2.20. The van der Waals surface area contributed by atoms with E-state index in [9.17, 15) is 4.79 Å². The fraction of sp³-hybridized carbons (Fsp3) is 0.471. The van der Waals surface area contributed by atoms with Gasteiger partial charge in [0.15, 0.2) is 0 Å². The molecule has 1 aromatic carbocycles. The number of nitrogens with zero attached hydrogens (tertiary/aromatic N) is 1. The summed E-state index contributed by atoms with van der Waals surface area (Å²) < 4.78 is 10.9. The number of halogens is 1. The minimum absolute atomic E-state index is 0.253. The standard InChI is InChI=1S/C13H13BrNO2.C4H9.Sn/c1-13(2,3)17-12(16)15-7-6-9-8-10(14)4-5-11(9)15;1-3-4-2;/h4-6,8H,1-3H3;1,3-4H2,2H3;. The fourth-order valence-corrected chi connectivity index (χ4v) is 6.63. The predicted molar refractivity (Wildman–Crippen MR) is 96.4 cm³/mol. The van der Waals surface area contributed by atoms with Crippen LogP contribution < -0.4 is 3.71 Å². The number of aromatic nitrogens is 1. The number of carbonyl (C=O) groups is 1. The van der Waals surface area contributed by atoms with Crippen LogP contribution in [-0.2, 0) is 4.74 Å². The predicted octanol–water partition coefficient (Wildman–Crippen LogP) is 4.73. The van der Waals surface area contributed by atoms with Crippen molar-refractivity contribution in [3.8, 4) is 0 Å². The molecule has 0 aliphatic carbocycles. The SMILES string of the molecule is CCC[CH2][Sn][c]1cc2cc(Br)ccc2n1C(=O)OC(C)(C)C. The Labute approximate surface area is 150 Å². The van der Waals surface area contributed by atoms with E-state index in [0.29, 0.717) is 0 Å². The van der Waals surface area contributed by atoms with Gasteiger partial charge in [-0.15, -0.1) is 0 Å². The van der Waals surface area contributed by atoms with Crippen molar-refractivity contribution >= 4 is 57.8 Å². The Bertz CT molecular complexity index is 673. The third-order valence-electron chi connectivity index (χ3n) is 3.18. The van der Waals surface area contributed by atoms with Crippen LogP contribution in [0.25, 0.3) is 10.9 Å². The summed E-state index contributed by atoms with van der Waals surface area (Å²) in [5, 5.41) is 1.10. The van der Waals surface area contributed by atoms with Crippen LogP contribution in [0, 0.1) is 0 Å². The molecule has 22 heavy (non-hydrogen) atoms. The molecule has 118 valence electrons. The first kappa shape index (κ1) is 17.9. The average Bonchev–Trinajstić information content (AvgIpc) is 2.74. The molecule has 0 aliphatic heterocycles. The van der Waals surface area contributed by atoms with Gasteiger partial charge in [-0.2, -0.15) is 0 Å². The summed E-state index contributed by atoms with van der Waals surface area (Å²) in [6.45, 7) is 7.93. The minimum atomic E-state index is -0.777. The van der Waals surface area contributed by atoms with E-state index in [1.807, 2.05) is 32.9 Å². The summed E-state index contributed by atoms with van der Waals surface area (Å²) in [5.41, 5.74) is 0.472. The van der Waals surface area contributed by atoms with Gasteiger partial charge in [-0.3, -0.25) is 0 Å². The second kappa shape index (κ2) is 7.39. The Balaban J connectivity index is 2.43. The number of carbonyl (C=O) groups excluding carboxylic acids is 1. The molecule has 5 heteroatoms. The summed E-state index contributed by atoms with van der Waals surface area (Å²) >= 11 is 2.73. The zero-order chi connectivity index (χ0) is 16.3. The number of ether oxygens (including phenoxy) is 1. The normalized spacial score (nSPS) is 11.9. The number of benzene rings is 1. The molecule has 1 aromatic heterocycles. The molecular formula is C17H22BrNO2Sn. The van der Waals surface area contributed by atoms with Crippen molar-refractivity contribution in [2.45, 2.75) is 50.6 Å². The first-order valence-electron chi connectivity index (χ1n) is 7.60. The molecule has 2 radical (unpaired) electrons. The fourth-order valence-electron chi connectivity index (χ4n) is 2.21. The van der Waals surface area contributed by atoms with Crippen LogP contribution in [0.1, 0.15) is 40.5 Å². The number of hydrogen-bond donors (Lipinski definition) is 0. The molecular weight excluding hydrogens is 449 g/mol. The topological polar surface area (TPSA) is 31.2 Å². The van der Waals surface area contributed by atoms with Gasteiger partial charge in [-0.1, -0.05) is 0 Å². The molecule has 0 bridgehead atoms. The van der Waals surface area contributed by atoms with Gasteiger partial charge < -0.3 is 0 Å². The molecule has 2 aromatic rings. The summed E-state index contributed by atoms with van der Waals surface area (Å²) in [4.78, 5) is 12.6. The van der Waals surface area contributed by atoms with Crippen molar-refractivity contribution < 1.29 is 9.53 Å². The van der Waals surface area contributed by atoms with E-state index in [0.717, 1.165) is 15.4 Å². The van der Waals surface area contributed by atoms with Crippen molar-refractivity contribution in [2.75, 3.05) is 0 Å². The van der Waals surface area contributed by atoms with Crippen molar-refractivity contribution in [3.63, 3.8) is 0 Å². The number of fused-ring (bicyclic) bond motifs is 1. The Morgan fingerprint density at radius 2 is 2.05 bits per heavy atom. The Hall–Kier alpha value is -0.491. The maximum absolute atomic E-state index is 12.6. The molecule has 0 amide bonds. The van der Waals surface area contributed by atoms with Crippen LogP contribution in [0.15, 0.2) is 28.7 Å². The molecule has 0 unspecified atom stereocenters. The van der Waals surface area contributed by atoms with Crippen LogP contribution in [-0.4, -0.2) is 37.4 Å². The van der Waals surface area contributed by atoms with E-state index in [2.05, 4.69) is 35.0 Å². The second-order valence-corrected chi connectivity index (χ2v) is 11.1. The molecule has 1 heterocycles. The van der Waals surface area contributed by atoms with Crippen LogP contribution in [0.4, 0.5) is 4.79 Å². The van der Waals surface area contributed by atoms with Crippen LogP contribution >= 0.6 is 15.9 Å². The van der Waals surface area contributed by atoms with Crippen molar-refractivity contribution in [1.29, 1.82) is 0 Å². The quantitative estimate of drug-likeness (QED) is 0.477. The number of rotatable bonds is 4. The van der Waals surface area contributed by atoms with Gasteiger partial charge >= 0.3 is 151 Å². The molecule has 0 saturated carbocycles. The summed E-state index contributed by atoms with van der Waals surface area (Å²) in [5.74, 6) is 0. The molecule has 0 N–H and O–H groups in total. The molecule has 0 atom stereocenters. The van der Waals surface area contributed by atoms with Gasteiger partial charge in [-0.05, 0) is 0 Å². The molecule has 3 nitrogen and oxygen atoms in total. The molecule has 0 fully saturated rings. The van der Waals surface area contributed by atoms with E-state index in [4.69, 9.17) is 4.74 Å². The van der Waals surface area contributed by atoms with Gasteiger partial charge in [-0.25, -0.2) is 0 Å². The molecule has 0 spiro atoms. The van der Waals surface area contributed by atoms with Crippen molar-refractivity contribution in [2.24, 2.45) is 0 Å². The molecule has 0 aliphatic rings. The summed E-state index contributed by atoms with van der Waals surface area (Å²) in [6, 6.07) is 8.21. The van der Waals surface area contributed by atoms with E-state index < -0.39 is 26.7 Å². The van der Waals surface area contributed by atoms with E-state index in [1.54, 1.807) is 4.57 Å². The first-order chi connectivity index (χ1) is 10.3. The zero-order valence-corrected chi connectivity index (χ0v) is 18.0. The monoisotopic (exact) mass is 471 g/mol. The van der Waals surface area contributed by atoms with E-state index in [-0.39, 0.29) is 6.09 Å². The van der Waals surface area contributed by atoms with E-state index >= 15 is 0 Å². The van der Waals surface area contributed by atoms with Gasteiger partial charge in [0.2, 0.25) is 0 Å². The molecule has 0 saturated heterocycles. The maximum atomic E-state index is 12.6. The zero-order valence-electron chi connectivity index (χ0n) is 13.6. The second-order valence-electron chi connectivity index (χ2n) is 6.33. The first-order valence-corrected chi connectivity index (χ1v) is 11.8. The Morgan fingerprint density at radius 1 is 1.32 bits per heavy atom. The van der Waals surface area contributed by atoms with E-state index in [1.165, 1.54) is 21.0 Å². The Morgan fingerprint density at radius 3 is 2.68 bits per heavy atom. The van der Waals surface area contributed by atoms with Gasteiger partial charge in [0.05, 0.1) is 0 Å². The number of hydrogen-bond acceptors (Lipinski definition) is 2. The molecule has 2 rings (SSSR count). The third-order valence-corrected chi connectivity index (χ3v) is 7.48. The van der Waals surface area contributed by atoms with Gasteiger partial charge in [0.1, 0.15) is 0 Å². The Kier molecular flexibility index (Phi) is 5.99. The average molecular weight is 471 g/mol. The van der Waals surface area contributed by atoms with Gasteiger partial charge in [0, 0.05) is 0 Å². The summed E-state index contributed by atoms with van der Waals surface area (Å²) in [7, 11) is 0. The van der Waals surface area contributed by atoms with Gasteiger partial charge in [0.25, 0.3) is 0 Å². The third kappa shape index (κ3) is 4.51. The number of unbranched alkanes of at least 4 members (excludes halogenated alkanes) is 1.